The number of hydrogen-bond acceptors (Lipinski definition) is 3. The van der Waals surface area contributed by atoms with Crippen LogP contribution in [0.4, 0.5) is 11.4 Å². The fraction of sp³-hybridized carbons (Fsp3) is 0.133. The van der Waals surface area contributed by atoms with Gasteiger partial charge in [0.05, 0.1) is 4.92 Å². The Morgan fingerprint density at radius 2 is 1.90 bits per heavy atom. The van der Waals surface area contributed by atoms with E-state index < -0.39 is 10.8 Å². The predicted octanol–water partition coefficient (Wildman–Crippen LogP) is 4.12. The predicted molar refractivity (Wildman–Crippen MR) is 82.0 cm³/mol. The number of amides is 1. The molecular formula is C15H13ClN2O3. The number of nitro benzene ring substituents is 1. The largest absolute Gasteiger partial charge is 0.322 e. The number of nitro groups is 1. The number of nitrogens with zero attached hydrogens (tertiary/aromatic N) is 1. The summed E-state index contributed by atoms with van der Waals surface area (Å²) in [6.07, 6.45) is 0. The third-order valence-corrected chi connectivity index (χ3v) is 3.27. The second kappa shape index (κ2) is 5.93. The number of rotatable bonds is 3. The molecule has 2 aromatic carbocycles. The number of carbonyl (C=O) groups is 1. The second-order valence-electron chi connectivity index (χ2n) is 4.69. The van der Waals surface area contributed by atoms with Gasteiger partial charge in [-0.25, -0.2) is 0 Å². The quantitative estimate of drug-likeness (QED) is 0.685. The Morgan fingerprint density at radius 3 is 2.52 bits per heavy atom. The topological polar surface area (TPSA) is 72.2 Å². The Bertz CT molecular complexity index is 729. The van der Waals surface area contributed by atoms with Crippen LogP contribution in [0.5, 0.6) is 0 Å². The van der Waals surface area contributed by atoms with Crippen LogP contribution in [0.3, 0.4) is 0 Å². The molecule has 0 aliphatic rings. The summed E-state index contributed by atoms with van der Waals surface area (Å²) in [5.74, 6) is -0.559. The van der Waals surface area contributed by atoms with Crippen molar-refractivity contribution in [3.8, 4) is 0 Å². The van der Waals surface area contributed by atoms with E-state index in [1.807, 2.05) is 26.0 Å². The van der Waals surface area contributed by atoms with Crippen LogP contribution in [-0.4, -0.2) is 10.8 Å². The molecule has 0 spiro atoms. The van der Waals surface area contributed by atoms with Crippen molar-refractivity contribution in [3.63, 3.8) is 0 Å². The molecule has 21 heavy (non-hydrogen) atoms. The maximum absolute atomic E-state index is 12.3. The Labute approximate surface area is 126 Å². The van der Waals surface area contributed by atoms with Gasteiger partial charge in [-0.05, 0) is 37.6 Å². The number of anilines is 1. The van der Waals surface area contributed by atoms with Crippen molar-refractivity contribution in [2.75, 3.05) is 5.32 Å². The highest BCUT2D eigenvalue weighted by Gasteiger charge is 2.20. The third-order valence-electron chi connectivity index (χ3n) is 3.03. The minimum Gasteiger partial charge on any atom is -0.322 e. The van der Waals surface area contributed by atoms with E-state index >= 15 is 0 Å². The molecule has 2 rings (SSSR count). The fourth-order valence-corrected chi connectivity index (χ4v) is 2.16. The molecule has 0 atom stereocenters. The van der Waals surface area contributed by atoms with Gasteiger partial charge < -0.3 is 5.32 Å². The van der Waals surface area contributed by atoms with Crippen LogP contribution in [0.2, 0.25) is 5.02 Å². The molecule has 1 amide bonds. The maximum Gasteiger partial charge on any atom is 0.282 e. The van der Waals surface area contributed by atoms with Crippen molar-refractivity contribution in [2.45, 2.75) is 13.8 Å². The molecule has 0 saturated carbocycles. The molecule has 6 heteroatoms. The second-order valence-corrected chi connectivity index (χ2v) is 5.13. The molecule has 0 bridgehead atoms. The Hall–Kier alpha value is -2.40. The van der Waals surface area contributed by atoms with Crippen LogP contribution in [0, 0.1) is 24.0 Å². The van der Waals surface area contributed by atoms with Gasteiger partial charge in [0, 0.05) is 16.8 Å². The zero-order chi connectivity index (χ0) is 15.6. The summed E-state index contributed by atoms with van der Waals surface area (Å²) in [6, 6.07) is 9.43. The molecule has 0 radical (unpaired) electrons. The van der Waals surface area contributed by atoms with Crippen LogP contribution >= 0.6 is 11.6 Å². The standard InChI is InChI=1S/C15H13ClN2O3/c1-9-3-5-13(10(2)7-9)17-15(19)12-8-11(16)4-6-14(12)18(20)21/h3-8H,1-2H3,(H,17,19). The molecule has 1 N–H and O–H groups in total. The number of benzene rings is 2. The van der Waals surface area contributed by atoms with Crippen molar-refractivity contribution < 1.29 is 9.72 Å². The zero-order valence-corrected chi connectivity index (χ0v) is 12.3. The lowest BCUT2D eigenvalue weighted by Crippen LogP contribution is -2.14. The number of nitrogens with one attached hydrogen (secondary N) is 1. The van der Waals surface area contributed by atoms with E-state index in [0.29, 0.717) is 5.69 Å². The van der Waals surface area contributed by atoms with Crippen LogP contribution in [0.1, 0.15) is 21.5 Å². The van der Waals surface area contributed by atoms with Gasteiger partial charge in [-0.3, -0.25) is 14.9 Å². The van der Waals surface area contributed by atoms with Crippen LogP contribution in [-0.2, 0) is 0 Å². The summed E-state index contributed by atoms with van der Waals surface area (Å²) in [4.78, 5) is 22.6. The number of halogens is 1. The number of carbonyl (C=O) groups excluding carboxylic acids is 1. The van der Waals surface area contributed by atoms with Crippen LogP contribution in [0.15, 0.2) is 36.4 Å². The summed E-state index contributed by atoms with van der Waals surface area (Å²) in [5, 5.41) is 13.9. The lowest BCUT2D eigenvalue weighted by atomic mass is 10.1. The molecule has 0 aliphatic heterocycles. The van der Waals surface area contributed by atoms with Gasteiger partial charge in [-0.15, -0.1) is 0 Å². The van der Waals surface area contributed by atoms with Crippen molar-refractivity contribution in [1.82, 2.24) is 0 Å². The number of aryl methyl sites for hydroxylation is 2. The molecule has 0 heterocycles. The van der Waals surface area contributed by atoms with Gasteiger partial charge in [-0.2, -0.15) is 0 Å². The Morgan fingerprint density at radius 1 is 1.19 bits per heavy atom. The molecule has 5 nitrogen and oxygen atoms in total. The van der Waals surface area contributed by atoms with Crippen LogP contribution in [0.25, 0.3) is 0 Å². The molecular weight excluding hydrogens is 292 g/mol. The first-order valence-corrected chi connectivity index (χ1v) is 6.59. The smallest absolute Gasteiger partial charge is 0.282 e. The third kappa shape index (κ3) is 3.38. The van der Waals surface area contributed by atoms with Crippen molar-refractivity contribution in [2.24, 2.45) is 0 Å². The van der Waals surface area contributed by atoms with Crippen molar-refractivity contribution in [1.29, 1.82) is 0 Å². The normalized spacial score (nSPS) is 10.2. The first-order valence-electron chi connectivity index (χ1n) is 6.21. The van der Waals surface area contributed by atoms with Gasteiger partial charge in [0.1, 0.15) is 5.56 Å². The van der Waals surface area contributed by atoms with E-state index in [0.717, 1.165) is 11.1 Å². The molecule has 0 unspecified atom stereocenters. The lowest BCUT2D eigenvalue weighted by Gasteiger charge is -2.09. The average Bonchev–Trinajstić information content (AvgIpc) is 2.41. The summed E-state index contributed by atoms with van der Waals surface area (Å²) >= 11 is 5.82. The first kappa shape index (κ1) is 15.0. The minimum absolute atomic E-state index is 0.0625. The van der Waals surface area contributed by atoms with Crippen molar-refractivity contribution in [3.05, 3.63) is 68.2 Å². The van der Waals surface area contributed by atoms with Gasteiger partial charge >= 0.3 is 0 Å². The van der Waals surface area contributed by atoms with Crippen molar-refractivity contribution >= 4 is 28.9 Å². The maximum atomic E-state index is 12.3. The summed E-state index contributed by atoms with van der Waals surface area (Å²) < 4.78 is 0. The average molecular weight is 305 g/mol. The van der Waals surface area contributed by atoms with E-state index in [1.165, 1.54) is 18.2 Å². The summed E-state index contributed by atoms with van der Waals surface area (Å²) in [5.41, 5.74) is 2.22. The fourth-order valence-electron chi connectivity index (χ4n) is 1.99. The highest BCUT2D eigenvalue weighted by atomic mass is 35.5. The molecule has 0 saturated heterocycles. The monoisotopic (exact) mass is 304 g/mol. The minimum atomic E-state index is -0.604. The Kier molecular flexibility index (Phi) is 4.23. The molecule has 2 aromatic rings. The molecule has 0 aromatic heterocycles. The van der Waals surface area contributed by atoms with Gasteiger partial charge in [0.2, 0.25) is 0 Å². The summed E-state index contributed by atoms with van der Waals surface area (Å²) in [6.45, 7) is 3.80. The van der Waals surface area contributed by atoms with Crippen LogP contribution < -0.4 is 5.32 Å². The van der Waals surface area contributed by atoms with E-state index in [-0.39, 0.29) is 16.3 Å². The molecule has 0 aliphatic carbocycles. The first-order chi connectivity index (χ1) is 9.88. The molecule has 108 valence electrons. The van der Waals surface area contributed by atoms with E-state index in [1.54, 1.807) is 6.07 Å². The van der Waals surface area contributed by atoms with E-state index in [9.17, 15) is 14.9 Å². The van der Waals surface area contributed by atoms with Gasteiger partial charge in [0.25, 0.3) is 11.6 Å². The highest BCUT2D eigenvalue weighted by Crippen LogP contribution is 2.24. The Balaban J connectivity index is 2.36. The highest BCUT2D eigenvalue weighted by molar-refractivity contribution is 6.31. The van der Waals surface area contributed by atoms with Gasteiger partial charge in [0.15, 0.2) is 0 Å². The zero-order valence-electron chi connectivity index (χ0n) is 11.5. The lowest BCUT2D eigenvalue weighted by molar-refractivity contribution is -0.385. The SMILES string of the molecule is Cc1ccc(NC(=O)c2cc(Cl)ccc2[N+](=O)[O-])c(C)c1. The number of hydrogen-bond donors (Lipinski definition) is 1. The van der Waals surface area contributed by atoms with Gasteiger partial charge in [-0.1, -0.05) is 29.3 Å². The summed E-state index contributed by atoms with van der Waals surface area (Å²) in [7, 11) is 0. The molecule has 0 fully saturated rings. The van der Waals surface area contributed by atoms with E-state index in [4.69, 9.17) is 11.6 Å². The van der Waals surface area contributed by atoms with E-state index in [2.05, 4.69) is 5.32 Å².